The number of hydrogen-bond acceptors (Lipinski definition) is 4. The molecule has 0 fully saturated rings. The van der Waals surface area contributed by atoms with Gasteiger partial charge in [-0.2, -0.15) is 10.2 Å². The molecule has 0 saturated heterocycles. The third kappa shape index (κ3) is 3.76. The summed E-state index contributed by atoms with van der Waals surface area (Å²) in [6.07, 6.45) is 6.83. The number of pyridine rings is 1. The van der Waals surface area contributed by atoms with Gasteiger partial charge in [-0.15, -0.1) is 0 Å². The van der Waals surface area contributed by atoms with E-state index in [4.69, 9.17) is 11.6 Å². The highest BCUT2D eigenvalue weighted by molar-refractivity contribution is 6.32. The Morgan fingerprint density at radius 3 is 2.85 bits per heavy atom. The van der Waals surface area contributed by atoms with Crippen molar-refractivity contribution < 1.29 is 9.18 Å². The summed E-state index contributed by atoms with van der Waals surface area (Å²) < 4.78 is 18.4. The van der Waals surface area contributed by atoms with Crippen molar-refractivity contribution in [3.8, 4) is 22.4 Å². The average molecular weight is 464 g/mol. The fourth-order valence-electron chi connectivity index (χ4n) is 3.83. The Balaban J connectivity index is 1.56. The molecular weight excluding hydrogens is 445 g/mol. The maximum Gasteiger partial charge on any atom is 0.251 e. The molecular formula is C23H19ClFN7O. The molecule has 166 valence electrons. The first-order valence-electron chi connectivity index (χ1n) is 10.2. The summed E-state index contributed by atoms with van der Waals surface area (Å²) in [6.45, 7) is 2.20. The zero-order valence-corrected chi connectivity index (χ0v) is 18.6. The molecule has 0 spiro atoms. The highest BCUT2D eigenvalue weighted by atomic mass is 35.5. The molecule has 10 heteroatoms. The SMILES string of the molecule is Cc1nn(C)cc1-c1cccc(F)c1-c1nc2cc(C(=O)NCc3cn[nH]c3)ccn2c1Cl. The molecule has 4 aromatic heterocycles. The van der Waals surface area contributed by atoms with Gasteiger partial charge >= 0.3 is 0 Å². The van der Waals surface area contributed by atoms with Crippen molar-refractivity contribution in [1.29, 1.82) is 0 Å². The van der Waals surface area contributed by atoms with Crippen LogP contribution in [0.2, 0.25) is 5.15 Å². The van der Waals surface area contributed by atoms with Gasteiger partial charge in [0.05, 0.1) is 11.9 Å². The highest BCUT2D eigenvalue weighted by Crippen LogP contribution is 2.38. The van der Waals surface area contributed by atoms with Crippen LogP contribution in [0.4, 0.5) is 4.39 Å². The second-order valence-corrected chi connectivity index (χ2v) is 8.01. The molecule has 0 radical (unpaired) electrons. The van der Waals surface area contributed by atoms with Gasteiger partial charge in [-0.05, 0) is 30.7 Å². The van der Waals surface area contributed by atoms with Crippen LogP contribution in [-0.2, 0) is 13.6 Å². The number of nitrogens with zero attached hydrogens (tertiary/aromatic N) is 5. The predicted molar refractivity (Wildman–Crippen MR) is 122 cm³/mol. The summed E-state index contributed by atoms with van der Waals surface area (Å²) in [5, 5.41) is 14.0. The number of aromatic nitrogens is 6. The van der Waals surface area contributed by atoms with Crippen LogP contribution in [0.25, 0.3) is 28.0 Å². The minimum atomic E-state index is -0.445. The Hall–Kier alpha value is -3.98. The molecule has 0 unspecified atom stereocenters. The second kappa shape index (κ2) is 8.18. The lowest BCUT2D eigenvalue weighted by Gasteiger charge is -2.08. The number of aryl methyl sites for hydroxylation is 2. The van der Waals surface area contributed by atoms with Crippen LogP contribution in [0.15, 0.2) is 55.1 Å². The van der Waals surface area contributed by atoms with E-state index >= 15 is 4.39 Å². The zero-order valence-electron chi connectivity index (χ0n) is 17.8. The molecule has 1 amide bonds. The minimum absolute atomic E-state index is 0.253. The first-order valence-corrected chi connectivity index (χ1v) is 10.5. The molecule has 2 N–H and O–H groups in total. The summed E-state index contributed by atoms with van der Waals surface area (Å²) in [4.78, 5) is 17.2. The van der Waals surface area contributed by atoms with Gasteiger partial charge in [-0.1, -0.05) is 23.7 Å². The molecule has 33 heavy (non-hydrogen) atoms. The van der Waals surface area contributed by atoms with Crippen molar-refractivity contribution in [3.05, 3.63) is 82.9 Å². The van der Waals surface area contributed by atoms with Gasteiger partial charge in [0.25, 0.3) is 5.91 Å². The smallest absolute Gasteiger partial charge is 0.251 e. The zero-order chi connectivity index (χ0) is 23.1. The molecule has 5 rings (SSSR count). The van der Waals surface area contributed by atoms with Crippen LogP contribution in [0.5, 0.6) is 0 Å². The van der Waals surface area contributed by atoms with Crippen LogP contribution in [0.1, 0.15) is 21.6 Å². The van der Waals surface area contributed by atoms with Crippen LogP contribution in [0, 0.1) is 12.7 Å². The molecule has 5 aromatic rings. The van der Waals surface area contributed by atoms with Crippen molar-refractivity contribution in [2.45, 2.75) is 13.5 Å². The number of fused-ring (bicyclic) bond motifs is 1. The van der Waals surface area contributed by atoms with E-state index < -0.39 is 5.82 Å². The Kier molecular flexibility index (Phi) is 5.18. The Bertz CT molecular complexity index is 1490. The van der Waals surface area contributed by atoms with Gasteiger partial charge < -0.3 is 5.32 Å². The number of amides is 1. The van der Waals surface area contributed by atoms with E-state index in [1.807, 2.05) is 26.2 Å². The molecule has 0 bridgehead atoms. The Morgan fingerprint density at radius 2 is 2.12 bits per heavy atom. The van der Waals surface area contributed by atoms with Gasteiger partial charge in [0.2, 0.25) is 0 Å². The largest absolute Gasteiger partial charge is 0.348 e. The summed E-state index contributed by atoms with van der Waals surface area (Å²) in [7, 11) is 1.81. The molecule has 1 aromatic carbocycles. The van der Waals surface area contributed by atoms with E-state index in [9.17, 15) is 4.79 Å². The van der Waals surface area contributed by atoms with E-state index in [1.165, 1.54) is 6.07 Å². The van der Waals surface area contributed by atoms with Crippen molar-refractivity contribution in [1.82, 2.24) is 34.7 Å². The van der Waals surface area contributed by atoms with Crippen molar-refractivity contribution in [3.63, 3.8) is 0 Å². The van der Waals surface area contributed by atoms with Crippen LogP contribution in [0.3, 0.4) is 0 Å². The molecule has 0 aliphatic heterocycles. The van der Waals surface area contributed by atoms with Gasteiger partial charge in [-0.3, -0.25) is 19.0 Å². The van der Waals surface area contributed by atoms with Crippen molar-refractivity contribution in [2.75, 3.05) is 0 Å². The first kappa shape index (κ1) is 20.9. The summed E-state index contributed by atoms with van der Waals surface area (Å²) in [5.41, 5.74) is 4.48. The lowest BCUT2D eigenvalue weighted by atomic mass is 9.98. The van der Waals surface area contributed by atoms with E-state index in [0.29, 0.717) is 29.0 Å². The molecule has 0 saturated carbocycles. The number of carbonyl (C=O) groups is 1. The van der Waals surface area contributed by atoms with Gasteiger partial charge in [0.15, 0.2) is 0 Å². The number of aromatic amines is 1. The topological polar surface area (TPSA) is 92.9 Å². The van der Waals surface area contributed by atoms with Crippen LogP contribution >= 0.6 is 11.6 Å². The monoisotopic (exact) mass is 463 g/mol. The van der Waals surface area contributed by atoms with Gasteiger partial charge in [-0.25, -0.2) is 9.37 Å². The normalized spacial score (nSPS) is 11.3. The molecule has 0 aliphatic carbocycles. The number of benzene rings is 1. The number of rotatable bonds is 5. The number of halogens is 2. The Labute approximate surface area is 193 Å². The molecule has 0 atom stereocenters. The van der Waals surface area contributed by atoms with Crippen molar-refractivity contribution in [2.24, 2.45) is 7.05 Å². The number of imidazole rings is 1. The second-order valence-electron chi connectivity index (χ2n) is 7.65. The fourth-order valence-corrected chi connectivity index (χ4v) is 4.11. The molecule has 4 heterocycles. The lowest BCUT2D eigenvalue weighted by molar-refractivity contribution is 0.0951. The van der Waals surface area contributed by atoms with Crippen LogP contribution < -0.4 is 5.32 Å². The fraction of sp³-hybridized carbons (Fsp3) is 0.130. The van der Waals surface area contributed by atoms with Crippen LogP contribution in [-0.4, -0.2) is 35.3 Å². The minimum Gasteiger partial charge on any atom is -0.348 e. The number of hydrogen-bond donors (Lipinski definition) is 2. The van der Waals surface area contributed by atoms with Gasteiger partial charge in [0.1, 0.15) is 22.3 Å². The predicted octanol–water partition coefficient (Wildman–Crippen LogP) is 4.16. The van der Waals surface area contributed by atoms with E-state index in [-0.39, 0.29) is 16.6 Å². The molecule has 8 nitrogen and oxygen atoms in total. The Morgan fingerprint density at radius 1 is 1.27 bits per heavy atom. The molecule has 0 aliphatic rings. The van der Waals surface area contributed by atoms with Crippen molar-refractivity contribution >= 4 is 23.2 Å². The summed E-state index contributed by atoms with van der Waals surface area (Å²) in [5.74, 6) is -0.712. The van der Waals surface area contributed by atoms with E-state index in [1.54, 1.807) is 45.9 Å². The third-order valence-corrected chi connectivity index (χ3v) is 5.75. The maximum atomic E-state index is 15.1. The van der Waals surface area contributed by atoms with E-state index in [0.717, 1.165) is 16.8 Å². The average Bonchev–Trinajstić information content (AvgIpc) is 3.51. The number of carbonyl (C=O) groups excluding carboxylic acids is 1. The third-order valence-electron chi connectivity index (χ3n) is 5.39. The maximum absolute atomic E-state index is 15.1. The quantitative estimate of drug-likeness (QED) is 0.409. The lowest BCUT2D eigenvalue weighted by Crippen LogP contribution is -2.22. The van der Waals surface area contributed by atoms with E-state index in [2.05, 4.69) is 25.6 Å². The standard InChI is InChI=1S/C23H19ClFN7O/c1-13-17(12-31(2)30-13)16-4-3-5-18(25)20(16)21-22(24)32-7-6-15(8-19(32)29-21)23(33)26-9-14-10-27-28-11-14/h3-8,10-12H,9H2,1-2H3,(H,26,33)(H,27,28). The number of nitrogens with one attached hydrogen (secondary N) is 2. The first-order chi connectivity index (χ1) is 15.9. The van der Waals surface area contributed by atoms with Gasteiger partial charge in [0, 0.05) is 54.4 Å². The summed E-state index contributed by atoms with van der Waals surface area (Å²) in [6, 6.07) is 8.10. The number of H-pyrrole nitrogens is 1. The summed E-state index contributed by atoms with van der Waals surface area (Å²) >= 11 is 6.63. The highest BCUT2D eigenvalue weighted by Gasteiger charge is 2.22.